The Bertz CT molecular complexity index is 491. The number of carbonyl (C=O) groups excluding carboxylic acids is 1. The summed E-state index contributed by atoms with van der Waals surface area (Å²) in [4.78, 5) is 18.4. The smallest absolute Gasteiger partial charge is 0.257 e. The molecule has 3 unspecified atom stereocenters. The molecule has 3 rings (SSSR count). The number of fused-ring (bicyclic) bond motifs is 1. The minimum atomic E-state index is -0.236. The molecule has 2 fully saturated rings. The molecule has 0 spiro atoms. The third-order valence-electron chi connectivity index (χ3n) is 4.43. The van der Waals surface area contributed by atoms with E-state index in [1.807, 2.05) is 4.90 Å². The maximum absolute atomic E-state index is 12.5. The number of likely N-dealkylation sites (tertiary alicyclic amines) is 1. The third-order valence-corrected chi connectivity index (χ3v) is 4.43. The number of nitrogens with one attached hydrogen (secondary N) is 1. The monoisotopic (exact) mass is 261 g/mol. The van der Waals surface area contributed by atoms with Gasteiger partial charge in [-0.05, 0) is 24.8 Å². The topological polar surface area (TPSA) is 65.5 Å². The van der Waals surface area contributed by atoms with Gasteiger partial charge in [-0.1, -0.05) is 0 Å². The fourth-order valence-electron chi connectivity index (χ4n) is 3.36. The number of aliphatic hydroxyl groups is 1. The van der Waals surface area contributed by atoms with Gasteiger partial charge in [0.05, 0.1) is 11.7 Å². The van der Waals surface area contributed by atoms with Crippen LogP contribution in [0.1, 0.15) is 23.2 Å². The fourth-order valence-corrected chi connectivity index (χ4v) is 3.36. The lowest BCUT2D eigenvalue weighted by Crippen LogP contribution is -2.31. The Labute approximate surface area is 112 Å². The standard InChI is InChI=1S/C14H19N3O2/c1-15-12-4-5-16-6-10(12)14(19)17-7-9-2-3-13(18)11(9)8-17/h4-6,9,11,13,18H,2-3,7-8H2,1H3,(H,15,16). The molecule has 1 amide bonds. The van der Waals surface area contributed by atoms with Gasteiger partial charge < -0.3 is 15.3 Å². The Hall–Kier alpha value is -1.62. The summed E-state index contributed by atoms with van der Waals surface area (Å²) in [5.41, 5.74) is 1.41. The first kappa shape index (κ1) is 12.4. The highest BCUT2D eigenvalue weighted by molar-refractivity contribution is 5.99. The van der Waals surface area contributed by atoms with E-state index >= 15 is 0 Å². The number of aromatic nitrogens is 1. The van der Waals surface area contributed by atoms with E-state index in [0.29, 0.717) is 18.0 Å². The van der Waals surface area contributed by atoms with Crippen molar-refractivity contribution in [1.29, 1.82) is 0 Å². The molecular formula is C14H19N3O2. The van der Waals surface area contributed by atoms with Crippen LogP contribution in [0.15, 0.2) is 18.5 Å². The van der Waals surface area contributed by atoms with Crippen LogP contribution in [-0.2, 0) is 0 Å². The minimum Gasteiger partial charge on any atom is -0.393 e. The largest absolute Gasteiger partial charge is 0.393 e. The van der Waals surface area contributed by atoms with Crippen LogP contribution >= 0.6 is 0 Å². The number of pyridine rings is 1. The number of nitrogens with zero attached hydrogens (tertiary/aromatic N) is 2. The van der Waals surface area contributed by atoms with Crippen molar-refractivity contribution in [3.8, 4) is 0 Å². The Balaban J connectivity index is 1.78. The molecule has 2 N–H and O–H groups in total. The molecule has 2 heterocycles. The van der Waals surface area contributed by atoms with Crippen molar-refractivity contribution in [2.75, 3.05) is 25.5 Å². The van der Waals surface area contributed by atoms with Crippen LogP contribution in [-0.4, -0.2) is 47.1 Å². The van der Waals surface area contributed by atoms with E-state index < -0.39 is 0 Å². The average Bonchev–Trinajstić information content (AvgIpc) is 3.00. The molecule has 5 nitrogen and oxygen atoms in total. The Morgan fingerprint density at radius 1 is 1.47 bits per heavy atom. The highest BCUT2D eigenvalue weighted by Crippen LogP contribution is 2.38. The SMILES string of the molecule is CNc1ccncc1C(=O)N1CC2CCC(O)C2C1. The van der Waals surface area contributed by atoms with E-state index in [9.17, 15) is 9.90 Å². The summed E-state index contributed by atoms with van der Waals surface area (Å²) in [6.07, 6.45) is 4.96. The van der Waals surface area contributed by atoms with Crippen LogP contribution in [0.25, 0.3) is 0 Å². The van der Waals surface area contributed by atoms with Gasteiger partial charge in [0.15, 0.2) is 0 Å². The average molecular weight is 261 g/mol. The first-order valence-electron chi connectivity index (χ1n) is 6.80. The van der Waals surface area contributed by atoms with Gasteiger partial charge in [0.2, 0.25) is 0 Å². The molecule has 5 heteroatoms. The van der Waals surface area contributed by atoms with Crippen molar-refractivity contribution < 1.29 is 9.90 Å². The van der Waals surface area contributed by atoms with Gasteiger partial charge in [-0.3, -0.25) is 9.78 Å². The van der Waals surface area contributed by atoms with Crippen molar-refractivity contribution in [1.82, 2.24) is 9.88 Å². The minimum absolute atomic E-state index is 0.0130. The fraction of sp³-hybridized carbons (Fsp3) is 0.571. The normalized spacial score (nSPS) is 29.4. The van der Waals surface area contributed by atoms with E-state index in [0.717, 1.165) is 25.1 Å². The quantitative estimate of drug-likeness (QED) is 0.832. The summed E-state index contributed by atoms with van der Waals surface area (Å²) in [6.45, 7) is 1.43. The van der Waals surface area contributed by atoms with E-state index in [1.54, 1.807) is 25.5 Å². The lowest BCUT2D eigenvalue weighted by Gasteiger charge is -2.19. The van der Waals surface area contributed by atoms with Gasteiger partial charge in [-0.15, -0.1) is 0 Å². The molecule has 1 aromatic rings. The van der Waals surface area contributed by atoms with E-state index in [1.165, 1.54) is 0 Å². The predicted octanol–water partition coefficient (Wildman–Crippen LogP) is 0.966. The number of hydrogen-bond donors (Lipinski definition) is 2. The van der Waals surface area contributed by atoms with Crippen LogP contribution in [0.4, 0.5) is 5.69 Å². The summed E-state index contributed by atoms with van der Waals surface area (Å²) >= 11 is 0. The van der Waals surface area contributed by atoms with Crippen molar-refractivity contribution in [2.45, 2.75) is 18.9 Å². The summed E-state index contributed by atoms with van der Waals surface area (Å²) < 4.78 is 0. The molecule has 1 saturated heterocycles. The van der Waals surface area contributed by atoms with Gasteiger partial charge in [0.1, 0.15) is 0 Å². The molecule has 1 aliphatic carbocycles. The number of hydrogen-bond acceptors (Lipinski definition) is 4. The van der Waals surface area contributed by atoms with Crippen LogP contribution in [0.2, 0.25) is 0 Å². The first-order valence-corrected chi connectivity index (χ1v) is 6.80. The second-order valence-corrected chi connectivity index (χ2v) is 5.45. The van der Waals surface area contributed by atoms with Crippen molar-refractivity contribution in [3.05, 3.63) is 24.0 Å². The number of anilines is 1. The Kier molecular flexibility index (Phi) is 3.14. The van der Waals surface area contributed by atoms with Gasteiger partial charge in [-0.2, -0.15) is 0 Å². The lowest BCUT2D eigenvalue weighted by molar-refractivity contribution is 0.0753. The maximum atomic E-state index is 12.5. The van der Waals surface area contributed by atoms with Gasteiger partial charge >= 0.3 is 0 Å². The van der Waals surface area contributed by atoms with Gasteiger partial charge in [0, 0.05) is 44.1 Å². The van der Waals surface area contributed by atoms with E-state index in [-0.39, 0.29) is 17.9 Å². The molecule has 0 radical (unpaired) electrons. The molecular weight excluding hydrogens is 242 g/mol. The van der Waals surface area contributed by atoms with E-state index in [2.05, 4.69) is 10.3 Å². The zero-order valence-corrected chi connectivity index (χ0v) is 11.0. The molecule has 1 saturated carbocycles. The number of carbonyl (C=O) groups is 1. The zero-order chi connectivity index (χ0) is 13.4. The van der Waals surface area contributed by atoms with Crippen LogP contribution in [0.3, 0.4) is 0 Å². The summed E-state index contributed by atoms with van der Waals surface area (Å²) in [5, 5.41) is 12.9. The molecule has 0 bridgehead atoms. The number of rotatable bonds is 2. The molecule has 102 valence electrons. The van der Waals surface area contributed by atoms with Crippen molar-refractivity contribution in [2.24, 2.45) is 11.8 Å². The third kappa shape index (κ3) is 2.08. The maximum Gasteiger partial charge on any atom is 0.257 e. The first-order chi connectivity index (χ1) is 9.20. The highest BCUT2D eigenvalue weighted by Gasteiger charge is 2.43. The lowest BCUT2D eigenvalue weighted by atomic mass is 10.00. The predicted molar refractivity (Wildman–Crippen MR) is 71.9 cm³/mol. The Morgan fingerprint density at radius 3 is 3.05 bits per heavy atom. The highest BCUT2D eigenvalue weighted by atomic mass is 16.3. The van der Waals surface area contributed by atoms with Crippen molar-refractivity contribution in [3.63, 3.8) is 0 Å². The van der Waals surface area contributed by atoms with Crippen LogP contribution < -0.4 is 5.32 Å². The van der Waals surface area contributed by atoms with Crippen LogP contribution in [0, 0.1) is 11.8 Å². The molecule has 2 aliphatic rings. The Morgan fingerprint density at radius 2 is 2.32 bits per heavy atom. The molecule has 19 heavy (non-hydrogen) atoms. The summed E-state index contributed by atoms with van der Waals surface area (Å²) in [6, 6.07) is 1.80. The second-order valence-electron chi connectivity index (χ2n) is 5.45. The van der Waals surface area contributed by atoms with Crippen LogP contribution in [0.5, 0.6) is 0 Å². The molecule has 3 atom stereocenters. The molecule has 0 aromatic carbocycles. The number of amides is 1. The molecule has 1 aromatic heterocycles. The van der Waals surface area contributed by atoms with Crippen molar-refractivity contribution >= 4 is 11.6 Å². The summed E-state index contributed by atoms with van der Waals surface area (Å²) in [7, 11) is 1.80. The van der Waals surface area contributed by atoms with E-state index in [4.69, 9.17) is 0 Å². The second kappa shape index (κ2) is 4.81. The van der Waals surface area contributed by atoms with Gasteiger partial charge in [0.25, 0.3) is 5.91 Å². The molecule has 1 aliphatic heterocycles. The zero-order valence-electron chi connectivity index (χ0n) is 11.0. The number of aliphatic hydroxyl groups excluding tert-OH is 1. The van der Waals surface area contributed by atoms with Gasteiger partial charge in [-0.25, -0.2) is 0 Å². The summed E-state index contributed by atoms with van der Waals surface area (Å²) in [5.74, 6) is 0.742.